The fourth-order valence-electron chi connectivity index (χ4n) is 5.71. The number of ether oxygens (including phenoxy) is 2. The fourth-order valence-corrected chi connectivity index (χ4v) is 5.87. The lowest BCUT2D eigenvalue weighted by atomic mass is 9.93. The van der Waals surface area contributed by atoms with Crippen molar-refractivity contribution >= 4 is 39.5 Å². The Hall–Kier alpha value is -3.25. The highest BCUT2D eigenvalue weighted by molar-refractivity contribution is 6.30. The molecular formula is C30H32ClN3O3. The number of imidazole rings is 1. The van der Waals surface area contributed by atoms with Crippen molar-refractivity contribution < 1.29 is 14.3 Å². The van der Waals surface area contributed by atoms with Gasteiger partial charge in [0.15, 0.2) is 0 Å². The van der Waals surface area contributed by atoms with Gasteiger partial charge in [-0.3, -0.25) is 0 Å². The Morgan fingerprint density at radius 1 is 1.16 bits per heavy atom. The third-order valence-corrected chi connectivity index (χ3v) is 7.63. The molecule has 1 saturated carbocycles. The van der Waals surface area contributed by atoms with Crippen LogP contribution < -0.4 is 10.1 Å². The van der Waals surface area contributed by atoms with Crippen molar-refractivity contribution in [2.75, 3.05) is 0 Å². The molecule has 1 fully saturated rings. The van der Waals surface area contributed by atoms with E-state index >= 15 is 0 Å². The summed E-state index contributed by atoms with van der Waals surface area (Å²) in [6.07, 6.45) is 5.31. The van der Waals surface area contributed by atoms with Gasteiger partial charge in [-0.1, -0.05) is 43.4 Å². The molecule has 37 heavy (non-hydrogen) atoms. The Kier molecular flexibility index (Phi) is 6.03. The lowest BCUT2D eigenvalue weighted by Gasteiger charge is -2.24. The first kappa shape index (κ1) is 24.1. The summed E-state index contributed by atoms with van der Waals surface area (Å²) in [7, 11) is 0. The molecule has 192 valence electrons. The lowest BCUT2D eigenvalue weighted by Crippen LogP contribution is -2.36. The maximum Gasteiger partial charge on any atom is 0.408 e. The van der Waals surface area contributed by atoms with E-state index in [1.807, 2.05) is 39.0 Å². The Bertz CT molecular complexity index is 1500. The number of carbonyl (C=O) groups excluding carboxylic acids is 1. The largest absolute Gasteiger partial charge is 0.488 e. The molecule has 1 aliphatic carbocycles. The molecule has 6 rings (SSSR count). The number of hydrogen-bond acceptors (Lipinski definition) is 4. The molecule has 2 aliphatic rings. The number of rotatable bonds is 4. The Labute approximate surface area is 221 Å². The van der Waals surface area contributed by atoms with Crippen molar-refractivity contribution in [2.24, 2.45) is 5.92 Å². The molecule has 0 radical (unpaired) electrons. The first-order valence-corrected chi connectivity index (χ1v) is 13.5. The van der Waals surface area contributed by atoms with Gasteiger partial charge in [0.25, 0.3) is 0 Å². The minimum absolute atomic E-state index is 0.238. The molecule has 2 heterocycles. The normalized spacial score (nSPS) is 16.3. The van der Waals surface area contributed by atoms with Crippen LogP contribution in [0.15, 0.2) is 42.5 Å². The zero-order chi connectivity index (χ0) is 25.7. The van der Waals surface area contributed by atoms with E-state index in [1.165, 1.54) is 25.7 Å². The highest BCUT2D eigenvalue weighted by atomic mass is 35.5. The minimum atomic E-state index is -0.558. The Morgan fingerprint density at radius 2 is 1.97 bits per heavy atom. The summed E-state index contributed by atoms with van der Waals surface area (Å²) in [4.78, 5) is 21.3. The topological polar surface area (TPSA) is 76.2 Å². The number of alkyl carbamates (subject to hydrolysis) is 1. The summed E-state index contributed by atoms with van der Waals surface area (Å²) in [5.41, 5.74) is 4.62. The minimum Gasteiger partial charge on any atom is -0.488 e. The van der Waals surface area contributed by atoms with Crippen molar-refractivity contribution in [1.29, 1.82) is 0 Å². The molecule has 7 heteroatoms. The SMILES string of the molecule is CC(C)(C)OC(=O)NC(CC1CCCC1)c1nc2c(ccc3cc4c(cc32)COc2cc(Cl)ccc2-4)[nH]1. The van der Waals surface area contributed by atoms with Gasteiger partial charge in [-0.05, 0) is 86.0 Å². The average molecular weight is 518 g/mol. The van der Waals surface area contributed by atoms with Crippen LogP contribution in [0.2, 0.25) is 5.02 Å². The number of hydrogen-bond donors (Lipinski definition) is 2. The highest BCUT2D eigenvalue weighted by Gasteiger charge is 2.28. The first-order valence-electron chi connectivity index (χ1n) is 13.1. The number of halogens is 1. The van der Waals surface area contributed by atoms with Crippen LogP contribution >= 0.6 is 11.6 Å². The van der Waals surface area contributed by atoms with Crippen molar-refractivity contribution in [3.63, 3.8) is 0 Å². The molecule has 4 aromatic rings. The average Bonchev–Trinajstić information content (AvgIpc) is 3.51. The van der Waals surface area contributed by atoms with Crippen LogP contribution in [0.1, 0.15) is 70.3 Å². The van der Waals surface area contributed by atoms with Crippen molar-refractivity contribution in [1.82, 2.24) is 15.3 Å². The van der Waals surface area contributed by atoms with E-state index < -0.39 is 11.7 Å². The standard InChI is InChI=1S/C30H32ClN3O3/c1-30(2,3)37-29(35)33-25(12-17-6-4-5-7-17)28-32-24-11-8-18-13-22-19(14-23(18)27(24)34-28)16-36-26-15-20(31)9-10-21(22)26/h8-11,13-15,17,25H,4-7,12,16H2,1-3H3,(H,32,34)(H,33,35). The second kappa shape index (κ2) is 9.25. The summed E-state index contributed by atoms with van der Waals surface area (Å²) in [6.45, 7) is 6.12. The first-order chi connectivity index (χ1) is 17.7. The fraction of sp³-hybridized carbons (Fsp3) is 0.400. The second-order valence-corrected chi connectivity index (χ2v) is 11.8. The van der Waals surface area contributed by atoms with Gasteiger partial charge >= 0.3 is 6.09 Å². The van der Waals surface area contributed by atoms with Gasteiger partial charge in [0.05, 0.1) is 17.1 Å². The summed E-state index contributed by atoms with van der Waals surface area (Å²) in [5, 5.41) is 5.95. The van der Waals surface area contributed by atoms with Crippen LogP contribution in [0.25, 0.3) is 32.9 Å². The molecule has 0 spiro atoms. The molecule has 1 unspecified atom stereocenters. The molecule has 3 aromatic carbocycles. The zero-order valence-electron chi connectivity index (χ0n) is 21.5. The number of carbonyl (C=O) groups is 1. The number of H-pyrrole nitrogens is 1. The van der Waals surface area contributed by atoms with Gasteiger partial charge in [-0.2, -0.15) is 0 Å². The molecule has 6 nitrogen and oxygen atoms in total. The molecule has 1 amide bonds. The van der Waals surface area contributed by atoms with Gasteiger partial charge in [0.1, 0.15) is 23.8 Å². The van der Waals surface area contributed by atoms with Gasteiger partial charge in [0, 0.05) is 16.0 Å². The van der Waals surface area contributed by atoms with Crippen LogP contribution in [0.4, 0.5) is 4.79 Å². The lowest BCUT2D eigenvalue weighted by molar-refractivity contribution is 0.0494. The van der Waals surface area contributed by atoms with E-state index in [2.05, 4.69) is 34.6 Å². The summed E-state index contributed by atoms with van der Waals surface area (Å²) < 4.78 is 11.6. The van der Waals surface area contributed by atoms with Crippen LogP contribution in [0.5, 0.6) is 5.75 Å². The molecule has 0 bridgehead atoms. The number of nitrogens with one attached hydrogen (secondary N) is 2. The third kappa shape index (κ3) is 4.87. The van der Waals surface area contributed by atoms with Crippen LogP contribution in [0, 0.1) is 5.92 Å². The van der Waals surface area contributed by atoms with Crippen molar-refractivity contribution in [3.8, 4) is 16.9 Å². The molecule has 1 aliphatic heterocycles. The van der Waals surface area contributed by atoms with Crippen LogP contribution in [-0.4, -0.2) is 21.7 Å². The maximum absolute atomic E-state index is 12.7. The number of fused-ring (bicyclic) bond motifs is 6. The van der Waals surface area contributed by atoms with E-state index in [1.54, 1.807) is 0 Å². The summed E-state index contributed by atoms with van der Waals surface area (Å²) >= 11 is 6.18. The quantitative estimate of drug-likeness (QED) is 0.287. The van der Waals surface area contributed by atoms with Gasteiger partial charge < -0.3 is 19.8 Å². The number of amides is 1. The van der Waals surface area contributed by atoms with E-state index in [9.17, 15) is 4.79 Å². The highest BCUT2D eigenvalue weighted by Crippen LogP contribution is 2.42. The number of aromatic nitrogens is 2. The maximum atomic E-state index is 12.7. The third-order valence-electron chi connectivity index (χ3n) is 7.39. The van der Waals surface area contributed by atoms with Crippen LogP contribution in [0.3, 0.4) is 0 Å². The van der Waals surface area contributed by atoms with Crippen molar-refractivity contribution in [3.05, 3.63) is 58.9 Å². The van der Waals surface area contributed by atoms with E-state index in [0.717, 1.165) is 56.5 Å². The number of benzene rings is 3. The van der Waals surface area contributed by atoms with Crippen molar-refractivity contribution in [2.45, 2.75) is 71.1 Å². The predicted octanol–water partition coefficient (Wildman–Crippen LogP) is 8.08. The molecule has 1 aromatic heterocycles. The zero-order valence-corrected chi connectivity index (χ0v) is 22.2. The summed E-state index contributed by atoms with van der Waals surface area (Å²) in [5.74, 6) is 2.15. The van der Waals surface area contributed by atoms with E-state index in [0.29, 0.717) is 17.5 Å². The molecule has 1 atom stereocenters. The molecule has 0 saturated heterocycles. The number of nitrogens with zero attached hydrogens (tertiary/aromatic N) is 1. The Balaban J connectivity index is 1.39. The Morgan fingerprint density at radius 3 is 2.76 bits per heavy atom. The smallest absolute Gasteiger partial charge is 0.408 e. The van der Waals surface area contributed by atoms with Crippen LogP contribution in [-0.2, 0) is 11.3 Å². The molecular weight excluding hydrogens is 486 g/mol. The second-order valence-electron chi connectivity index (χ2n) is 11.3. The summed E-state index contributed by atoms with van der Waals surface area (Å²) in [6, 6.07) is 14.1. The predicted molar refractivity (Wildman–Crippen MR) is 147 cm³/mol. The van der Waals surface area contributed by atoms with Gasteiger partial charge in [-0.15, -0.1) is 0 Å². The molecule has 2 N–H and O–H groups in total. The monoisotopic (exact) mass is 517 g/mol. The van der Waals surface area contributed by atoms with E-state index in [-0.39, 0.29) is 6.04 Å². The number of aromatic amines is 1. The van der Waals surface area contributed by atoms with Gasteiger partial charge in [-0.25, -0.2) is 9.78 Å². The van der Waals surface area contributed by atoms with Gasteiger partial charge in [0.2, 0.25) is 0 Å². The van der Waals surface area contributed by atoms with E-state index in [4.69, 9.17) is 26.1 Å².